The Morgan fingerprint density at radius 3 is 2.78 bits per heavy atom. The highest BCUT2D eigenvalue weighted by molar-refractivity contribution is 5.94. The quantitative estimate of drug-likeness (QED) is 0.799. The Labute approximate surface area is 157 Å². The molecule has 0 bridgehead atoms. The van der Waals surface area contributed by atoms with Crippen molar-refractivity contribution in [2.45, 2.75) is 0 Å². The lowest BCUT2D eigenvalue weighted by molar-refractivity contribution is 0.0383. The van der Waals surface area contributed by atoms with Crippen LogP contribution in [-0.2, 0) is 4.74 Å². The fourth-order valence-corrected chi connectivity index (χ4v) is 2.98. The lowest BCUT2D eigenvalue weighted by Crippen LogP contribution is -2.41. The molecule has 0 aliphatic carbocycles. The van der Waals surface area contributed by atoms with Crippen LogP contribution in [-0.4, -0.2) is 62.0 Å². The normalized spacial score (nSPS) is 16.1. The van der Waals surface area contributed by atoms with E-state index in [1.54, 1.807) is 18.3 Å². The number of morpholine rings is 1. The highest BCUT2D eigenvalue weighted by atomic mass is 16.7. The number of pyridine rings is 1. The van der Waals surface area contributed by atoms with Crippen LogP contribution in [0.2, 0.25) is 0 Å². The van der Waals surface area contributed by atoms with Crippen molar-refractivity contribution in [2.75, 3.05) is 51.5 Å². The van der Waals surface area contributed by atoms with Crippen LogP contribution in [0.3, 0.4) is 0 Å². The summed E-state index contributed by atoms with van der Waals surface area (Å²) in [5, 5.41) is 6.12. The van der Waals surface area contributed by atoms with Gasteiger partial charge in [0.2, 0.25) is 6.79 Å². The molecule has 3 heterocycles. The van der Waals surface area contributed by atoms with Crippen LogP contribution in [0, 0.1) is 0 Å². The van der Waals surface area contributed by atoms with E-state index in [2.05, 4.69) is 20.5 Å². The number of hydrogen-bond acceptors (Lipinski definition) is 7. The fourth-order valence-electron chi connectivity index (χ4n) is 2.98. The van der Waals surface area contributed by atoms with Gasteiger partial charge in [-0.05, 0) is 24.3 Å². The summed E-state index contributed by atoms with van der Waals surface area (Å²) in [4.78, 5) is 18.8. The number of fused-ring (bicyclic) bond motifs is 1. The average molecular weight is 370 g/mol. The summed E-state index contributed by atoms with van der Waals surface area (Å²) in [6.45, 7) is 5.02. The molecule has 1 aromatic heterocycles. The summed E-state index contributed by atoms with van der Waals surface area (Å²) >= 11 is 0. The van der Waals surface area contributed by atoms with Crippen LogP contribution >= 0.6 is 0 Å². The number of carbonyl (C=O) groups is 1. The van der Waals surface area contributed by atoms with Crippen molar-refractivity contribution in [3.8, 4) is 11.5 Å². The second-order valence-corrected chi connectivity index (χ2v) is 6.34. The maximum atomic E-state index is 12.2. The maximum absolute atomic E-state index is 12.2. The lowest BCUT2D eigenvalue weighted by atomic mass is 10.2. The Morgan fingerprint density at radius 1 is 1.11 bits per heavy atom. The van der Waals surface area contributed by atoms with Gasteiger partial charge >= 0.3 is 0 Å². The molecule has 1 fully saturated rings. The molecule has 2 N–H and O–H groups in total. The number of anilines is 2. The first-order chi connectivity index (χ1) is 13.3. The number of amides is 1. The summed E-state index contributed by atoms with van der Waals surface area (Å²) < 4.78 is 16.0. The molecule has 0 unspecified atom stereocenters. The number of nitrogens with zero attached hydrogens (tertiary/aromatic N) is 2. The summed E-state index contributed by atoms with van der Waals surface area (Å²) in [5.74, 6) is 1.97. The smallest absolute Gasteiger partial charge is 0.252 e. The second kappa shape index (κ2) is 8.24. The molecule has 4 rings (SSSR count). The van der Waals surface area contributed by atoms with E-state index in [1.807, 2.05) is 18.2 Å². The molecule has 2 aromatic rings. The number of carbonyl (C=O) groups excluding carboxylic acids is 1. The third kappa shape index (κ3) is 4.47. The number of rotatable bonds is 6. The Hall–Kier alpha value is -2.84. The van der Waals surface area contributed by atoms with Crippen molar-refractivity contribution in [1.82, 2.24) is 15.2 Å². The van der Waals surface area contributed by atoms with Crippen LogP contribution in [0.25, 0.3) is 0 Å². The van der Waals surface area contributed by atoms with E-state index >= 15 is 0 Å². The molecular weight excluding hydrogens is 348 g/mol. The van der Waals surface area contributed by atoms with E-state index in [0.717, 1.165) is 44.3 Å². The van der Waals surface area contributed by atoms with Gasteiger partial charge in [0.05, 0.1) is 18.8 Å². The van der Waals surface area contributed by atoms with Crippen molar-refractivity contribution in [3.63, 3.8) is 0 Å². The molecule has 8 nitrogen and oxygen atoms in total. The second-order valence-electron chi connectivity index (χ2n) is 6.34. The van der Waals surface area contributed by atoms with Crippen molar-refractivity contribution in [1.29, 1.82) is 0 Å². The summed E-state index contributed by atoms with van der Waals surface area (Å²) in [6.07, 6.45) is 1.57. The van der Waals surface area contributed by atoms with Gasteiger partial charge in [0.25, 0.3) is 5.91 Å². The SMILES string of the molecule is O=C(NCCN1CCOCC1)c1ccc(Nc2ccc3c(c2)OCO3)nc1. The number of nitrogens with one attached hydrogen (secondary N) is 2. The summed E-state index contributed by atoms with van der Waals surface area (Å²) in [5.41, 5.74) is 1.38. The van der Waals surface area contributed by atoms with Crippen LogP contribution in [0.4, 0.5) is 11.5 Å². The highest BCUT2D eigenvalue weighted by Gasteiger charge is 2.14. The van der Waals surface area contributed by atoms with E-state index in [9.17, 15) is 4.79 Å². The van der Waals surface area contributed by atoms with Gasteiger partial charge in [-0.3, -0.25) is 9.69 Å². The number of aromatic nitrogens is 1. The van der Waals surface area contributed by atoms with Crippen LogP contribution in [0.5, 0.6) is 11.5 Å². The van der Waals surface area contributed by atoms with E-state index in [-0.39, 0.29) is 12.7 Å². The number of hydrogen-bond donors (Lipinski definition) is 2. The molecule has 2 aliphatic rings. The van der Waals surface area contributed by atoms with Crippen LogP contribution in [0.15, 0.2) is 36.5 Å². The number of ether oxygens (including phenoxy) is 3. The minimum Gasteiger partial charge on any atom is -0.454 e. The molecule has 0 spiro atoms. The average Bonchev–Trinajstić information content (AvgIpc) is 3.17. The molecule has 2 aliphatic heterocycles. The van der Waals surface area contributed by atoms with Gasteiger partial charge < -0.3 is 24.8 Å². The molecular formula is C19H22N4O4. The molecule has 0 atom stereocenters. The third-order valence-electron chi connectivity index (χ3n) is 4.49. The zero-order valence-corrected chi connectivity index (χ0v) is 14.9. The predicted octanol–water partition coefficient (Wildman–Crippen LogP) is 1.62. The van der Waals surface area contributed by atoms with Gasteiger partial charge in [-0.1, -0.05) is 0 Å². The summed E-state index contributed by atoms with van der Waals surface area (Å²) in [6, 6.07) is 9.13. The maximum Gasteiger partial charge on any atom is 0.252 e. The van der Waals surface area contributed by atoms with Gasteiger partial charge in [-0.2, -0.15) is 0 Å². The van der Waals surface area contributed by atoms with Crippen LogP contribution in [0.1, 0.15) is 10.4 Å². The monoisotopic (exact) mass is 370 g/mol. The largest absolute Gasteiger partial charge is 0.454 e. The Kier molecular flexibility index (Phi) is 5.36. The van der Waals surface area contributed by atoms with Crippen molar-refractivity contribution in [2.24, 2.45) is 0 Å². The molecule has 1 saturated heterocycles. The van der Waals surface area contributed by atoms with Crippen molar-refractivity contribution < 1.29 is 19.0 Å². The predicted molar refractivity (Wildman–Crippen MR) is 99.7 cm³/mol. The zero-order chi connectivity index (χ0) is 18.5. The minimum atomic E-state index is -0.120. The first kappa shape index (κ1) is 17.6. The Bertz CT molecular complexity index is 791. The van der Waals surface area contributed by atoms with Gasteiger partial charge in [0, 0.05) is 44.1 Å². The van der Waals surface area contributed by atoms with E-state index in [0.29, 0.717) is 23.7 Å². The van der Waals surface area contributed by atoms with Gasteiger partial charge in [0.15, 0.2) is 11.5 Å². The van der Waals surface area contributed by atoms with E-state index in [4.69, 9.17) is 14.2 Å². The first-order valence-corrected chi connectivity index (χ1v) is 8.99. The van der Waals surface area contributed by atoms with E-state index in [1.165, 1.54) is 0 Å². The van der Waals surface area contributed by atoms with Gasteiger partial charge in [-0.25, -0.2) is 4.98 Å². The molecule has 0 radical (unpaired) electrons. The zero-order valence-electron chi connectivity index (χ0n) is 14.9. The first-order valence-electron chi connectivity index (χ1n) is 8.99. The van der Waals surface area contributed by atoms with Crippen molar-refractivity contribution in [3.05, 3.63) is 42.1 Å². The van der Waals surface area contributed by atoms with Crippen LogP contribution < -0.4 is 20.1 Å². The summed E-state index contributed by atoms with van der Waals surface area (Å²) in [7, 11) is 0. The fraction of sp³-hybridized carbons (Fsp3) is 0.368. The van der Waals surface area contributed by atoms with E-state index < -0.39 is 0 Å². The van der Waals surface area contributed by atoms with Crippen molar-refractivity contribution >= 4 is 17.4 Å². The third-order valence-corrected chi connectivity index (χ3v) is 4.49. The molecule has 0 saturated carbocycles. The molecule has 142 valence electrons. The molecule has 27 heavy (non-hydrogen) atoms. The lowest BCUT2D eigenvalue weighted by Gasteiger charge is -2.26. The molecule has 1 amide bonds. The van der Waals surface area contributed by atoms with Gasteiger partial charge in [-0.15, -0.1) is 0 Å². The molecule has 8 heteroatoms. The van der Waals surface area contributed by atoms with Gasteiger partial charge in [0.1, 0.15) is 5.82 Å². The Balaban J connectivity index is 1.28. The standard InChI is InChI=1S/C19H22N4O4/c24-19(20-5-6-23-7-9-25-10-8-23)14-1-4-18(21-12-14)22-15-2-3-16-17(11-15)27-13-26-16/h1-4,11-12H,5-10,13H2,(H,20,24)(H,21,22). The molecule has 1 aromatic carbocycles. The topological polar surface area (TPSA) is 85.0 Å². The minimum absolute atomic E-state index is 0.120. The number of benzene rings is 1. The Morgan fingerprint density at radius 2 is 1.96 bits per heavy atom. The highest BCUT2D eigenvalue weighted by Crippen LogP contribution is 2.34.